The van der Waals surface area contributed by atoms with Gasteiger partial charge < -0.3 is 10.1 Å². The third-order valence-electron chi connectivity index (χ3n) is 3.36. The van der Waals surface area contributed by atoms with E-state index in [9.17, 15) is 0 Å². The average molecular weight is 249 g/mol. The molecule has 2 unspecified atom stereocenters. The van der Waals surface area contributed by atoms with E-state index in [2.05, 4.69) is 56.4 Å². The molecule has 1 rings (SSSR count). The highest BCUT2D eigenvalue weighted by Crippen LogP contribution is 2.08. The average Bonchev–Trinajstić information content (AvgIpc) is 2.37. The van der Waals surface area contributed by atoms with Crippen LogP contribution in [0.25, 0.3) is 0 Å². The molecule has 102 valence electrons. The van der Waals surface area contributed by atoms with Gasteiger partial charge in [0.25, 0.3) is 0 Å². The first kappa shape index (κ1) is 15.2. The molecular formula is C16H27NO. The van der Waals surface area contributed by atoms with Crippen molar-refractivity contribution in [3.05, 3.63) is 35.9 Å². The molecule has 1 aromatic carbocycles. The summed E-state index contributed by atoms with van der Waals surface area (Å²) in [6.45, 7) is 7.52. The van der Waals surface area contributed by atoms with Crippen LogP contribution in [0.5, 0.6) is 0 Å². The molecule has 2 heteroatoms. The molecule has 0 heterocycles. The Morgan fingerprint density at radius 1 is 1.11 bits per heavy atom. The van der Waals surface area contributed by atoms with Crippen LogP contribution in [0, 0.1) is 5.92 Å². The highest BCUT2D eigenvalue weighted by molar-refractivity contribution is 5.14. The van der Waals surface area contributed by atoms with Crippen LogP contribution in [0.1, 0.15) is 32.8 Å². The molecule has 0 aliphatic rings. The van der Waals surface area contributed by atoms with Crippen LogP contribution in [0.3, 0.4) is 0 Å². The molecule has 0 saturated carbocycles. The van der Waals surface area contributed by atoms with Gasteiger partial charge in [-0.2, -0.15) is 0 Å². The highest BCUT2D eigenvalue weighted by atomic mass is 16.5. The molecule has 0 saturated heterocycles. The van der Waals surface area contributed by atoms with Gasteiger partial charge in [0, 0.05) is 19.2 Å². The van der Waals surface area contributed by atoms with Crippen molar-refractivity contribution >= 4 is 0 Å². The van der Waals surface area contributed by atoms with E-state index in [1.165, 1.54) is 5.56 Å². The Balaban J connectivity index is 2.34. The molecule has 0 amide bonds. The van der Waals surface area contributed by atoms with Gasteiger partial charge in [-0.3, -0.25) is 0 Å². The quantitative estimate of drug-likeness (QED) is 0.763. The summed E-state index contributed by atoms with van der Waals surface area (Å²) in [4.78, 5) is 0. The van der Waals surface area contributed by atoms with Crippen molar-refractivity contribution in [1.82, 2.24) is 5.32 Å². The summed E-state index contributed by atoms with van der Waals surface area (Å²) in [7, 11) is 1.77. The van der Waals surface area contributed by atoms with Gasteiger partial charge >= 0.3 is 0 Å². The van der Waals surface area contributed by atoms with Crippen LogP contribution in [-0.2, 0) is 11.2 Å². The fourth-order valence-corrected chi connectivity index (χ4v) is 2.09. The predicted molar refractivity (Wildman–Crippen MR) is 77.9 cm³/mol. The molecule has 0 spiro atoms. The van der Waals surface area contributed by atoms with Crippen molar-refractivity contribution in [2.75, 3.05) is 13.7 Å². The maximum atomic E-state index is 5.27. The molecule has 0 radical (unpaired) electrons. The van der Waals surface area contributed by atoms with Crippen LogP contribution >= 0.6 is 0 Å². The van der Waals surface area contributed by atoms with Gasteiger partial charge in [0.15, 0.2) is 0 Å². The van der Waals surface area contributed by atoms with Crippen LogP contribution in [0.4, 0.5) is 0 Å². The second-order valence-corrected chi connectivity index (χ2v) is 5.40. The second-order valence-electron chi connectivity index (χ2n) is 5.40. The van der Waals surface area contributed by atoms with Crippen molar-refractivity contribution < 1.29 is 4.74 Å². The number of nitrogens with one attached hydrogen (secondary N) is 1. The SMILES string of the molecule is COCC(NC(C)CCc1ccccc1)C(C)C. The van der Waals surface area contributed by atoms with Gasteiger partial charge in [0.05, 0.1) is 6.61 Å². The number of methoxy groups -OCH3 is 1. The normalized spacial score (nSPS) is 14.7. The molecule has 0 aliphatic carbocycles. The first-order valence-electron chi connectivity index (χ1n) is 6.92. The molecule has 0 aliphatic heterocycles. The summed E-state index contributed by atoms with van der Waals surface area (Å²) >= 11 is 0. The van der Waals surface area contributed by atoms with E-state index in [0.717, 1.165) is 19.4 Å². The minimum absolute atomic E-state index is 0.445. The molecule has 1 N–H and O–H groups in total. The zero-order valence-corrected chi connectivity index (χ0v) is 12.1. The van der Waals surface area contributed by atoms with Crippen molar-refractivity contribution in [1.29, 1.82) is 0 Å². The summed E-state index contributed by atoms with van der Waals surface area (Å²) in [5, 5.41) is 3.66. The Kier molecular flexibility index (Phi) is 6.99. The standard InChI is InChI=1S/C16H27NO/c1-13(2)16(12-18-4)17-14(3)10-11-15-8-6-5-7-9-15/h5-9,13-14,16-17H,10-12H2,1-4H3. The smallest absolute Gasteiger partial charge is 0.0618 e. The van der Waals surface area contributed by atoms with Crippen LogP contribution in [0.15, 0.2) is 30.3 Å². The molecule has 1 aromatic rings. The van der Waals surface area contributed by atoms with Gasteiger partial charge in [0.1, 0.15) is 0 Å². The Labute approximate surface area is 112 Å². The Bertz CT molecular complexity index is 310. The van der Waals surface area contributed by atoms with E-state index in [1.54, 1.807) is 7.11 Å². The Morgan fingerprint density at radius 2 is 1.78 bits per heavy atom. The van der Waals surface area contributed by atoms with E-state index in [0.29, 0.717) is 18.0 Å². The fraction of sp³-hybridized carbons (Fsp3) is 0.625. The Morgan fingerprint density at radius 3 is 2.33 bits per heavy atom. The van der Waals surface area contributed by atoms with Gasteiger partial charge in [-0.1, -0.05) is 44.2 Å². The molecule has 18 heavy (non-hydrogen) atoms. The van der Waals surface area contributed by atoms with Crippen LogP contribution in [0.2, 0.25) is 0 Å². The largest absolute Gasteiger partial charge is 0.383 e. The number of aryl methyl sites for hydroxylation is 1. The van der Waals surface area contributed by atoms with E-state index in [-0.39, 0.29) is 0 Å². The lowest BCUT2D eigenvalue weighted by molar-refractivity contribution is 0.140. The van der Waals surface area contributed by atoms with Crippen molar-refractivity contribution in [2.45, 2.75) is 45.7 Å². The third-order valence-corrected chi connectivity index (χ3v) is 3.36. The summed E-state index contributed by atoms with van der Waals surface area (Å²) in [5.41, 5.74) is 1.42. The molecule has 0 bridgehead atoms. The monoisotopic (exact) mass is 249 g/mol. The van der Waals surface area contributed by atoms with E-state index in [4.69, 9.17) is 4.74 Å². The van der Waals surface area contributed by atoms with Crippen LogP contribution in [-0.4, -0.2) is 25.8 Å². The molecule has 2 nitrogen and oxygen atoms in total. The molecular weight excluding hydrogens is 222 g/mol. The minimum Gasteiger partial charge on any atom is -0.383 e. The maximum absolute atomic E-state index is 5.27. The lowest BCUT2D eigenvalue weighted by Crippen LogP contribution is -2.43. The summed E-state index contributed by atoms with van der Waals surface area (Å²) in [6, 6.07) is 11.6. The summed E-state index contributed by atoms with van der Waals surface area (Å²) in [5.74, 6) is 0.601. The van der Waals surface area contributed by atoms with Crippen LogP contribution < -0.4 is 5.32 Å². The summed E-state index contributed by atoms with van der Waals surface area (Å²) in [6.07, 6.45) is 2.30. The number of hydrogen-bond donors (Lipinski definition) is 1. The topological polar surface area (TPSA) is 21.3 Å². The fourth-order valence-electron chi connectivity index (χ4n) is 2.09. The van der Waals surface area contributed by atoms with Gasteiger partial charge in [-0.05, 0) is 31.2 Å². The summed E-state index contributed by atoms with van der Waals surface area (Å²) < 4.78 is 5.27. The van der Waals surface area contributed by atoms with Crippen molar-refractivity contribution in [3.8, 4) is 0 Å². The Hall–Kier alpha value is -0.860. The number of benzene rings is 1. The highest BCUT2D eigenvalue weighted by Gasteiger charge is 2.15. The van der Waals surface area contributed by atoms with Gasteiger partial charge in [-0.25, -0.2) is 0 Å². The van der Waals surface area contributed by atoms with Gasteiger partial charge in [-0.15, -0.1) is 0 Å². The van der Waals surface area contributed by atoms with E-state index in [1.807, 2.05) is 0 Å². The lowest BCUT2D eigenvalue weighted by atomic mass is 10.0. The van der Waals surface area contributed by atoms with Crippen molar-refractivity contribution in [2.24, 2.45) is 5.92 Å². The second kappa shape index (κ2) is 8.28. The van der Waals surface area contributed by atoms with E-state index < -0.39 is 0 Å². The number of rotatable bonds is 8. The first-order valence-corrected chi connectivity index (χ1v) is 6.92. The molecule has 0 fully saturated rings. The zero-order chi connectivity index (χ0) is 13.4. The lowest BCUT2D eigenvalue weighted by Gasteiger charge is -2.26. The number of hydrogen-bond acceptors (Lipinski definition) is 2. The van der Waals surface area contributed by atoms with Crippen molar-refractivity contribution in [3.63, 3.8) is 0 Å². The number of ether oxygens (including phenoxy) is 1. The molecule has 0 aromatic heterocycles. The third kappa shape index (κ3) is 5.65. The van der Waals surface area contributed by atoms with E-state index >= 15 is 0 Å². The zero-order valence-electron chi connectivity index (χ0n) is 12.1. The minimum atomic E-state index is 0.445. The maximum Gasteiger partial charge on any atom is 0.0618 e. The molecule has 2 atom stereocenters. The first-order chi connectivity index (χ1) is 8.63. The predicted octanol–water partition coefficient (Wildman–Crippen LogP) is 3.27. The van der Waals surface area contributed by atoms with Gasteiger partial charge in [0.2, 0.25) is 0 Å².